The largest absolute Gasteiger partial charge is 0.481 e. The summed E-state index contributed by atoms with van der Waals surface area (Å²) in [5.41, 5.74) is 0. The maximum absolute atomic E-state index is 10.4. The minimum absolute atomic E-state index is 0. The van der Waals surface area contributed by atoms with Crippen molar-refractivity contribution in [2.45, 2.75) is 25.7 Å². The molecule has 6 N–H and O–H groups in total. The van der Waals surface area contributed by atoms with Gasteiger partial charge in [-0.05, 0) is 12.8 Å². The Hall–Kier alpha value is -1.14. The first kappa shape index (κ1) is 13.4. The summed E-state index contributed by atoms with van der Waals surface area (Å²) < 4.78 is 0. The fourth-order valence-corrected chi connectivity index (χ4v) is 0.604. The van der Waals surface area contributed by atoms with E-state index in [1.54, 1.807) is 0 Å². The number of rotatable bonds is 5. The molecule has 0 aliphatic rings. The second-order valence-electron chi connectivity index (χ2n) is 2.09. The summed E-state index contributed by atoms with van der Waals surface area (Å²) in [6.07, 6.45) is 1.24. The summed E-state index contributed by atoms with van der Waals surface area (Å²) >= 11 is 0. The third-order valence-electron chi connectivity index (χ3n) is 1.15. The van der Waals surface area contributed by atoms with Gasteiger partial charge in [-0.2, -0.15) is 5.90 Å². The summed E-state index contributed by atoms with van der Waals surface area (Å²) in [5.74, 6) is 3.19. The number of hydrogen-bond acceptors (Lipinski definition) is 5. The molecule has 72 valence electrons. The van der Waals surface area contributed by atoms with Crippen LogP contribution in [0.3, 0.4) is 0 Å². The van der Waals surface area contributed by atoms with Crippen LogP contribution in [0, 0.1) is 0 Å². The predicted octanol–water partition coefficient (Wildman–Crippen LogP) is 0.210. The molecule has 0 unspecified atom stereocenters. The lowest BCUT2D eigenvalue weighted by Gasteiger charge is -1.95. The topological polar surface area (TPSA) is 125 Å². The Morgan fingerprint density at radius 3 is 2.17 bits per heavy atom. The summed E-state index contributed by atoms with van der Waals surface area (Å²) in [6, 6.07) is 0. The molecule has 0 aliphatic heterocycles. The number of carbonyl (C=O) groups excluding carboxylic acids is 1. The molecule has 0 aromatic rings. The van der Waals surface area contributed by atoms with Crippen LogP contribution in [0.15, 0.2) is 0 Å². The van der Waals surface area contributed by atoms with Crippen LogP contribution in [0.5, 0.6) is 0 Å². The first-order valence-corrected chi connectivity index (χ1v) is 3.28. The van der Waals surface area contributed by atoms with Gasteiger partial charge >= 0.3 is 11.9 Å². The molecule has 0 fully saturated rings. The van der Waals surface area contributed by atoms with Gasteiger partial charge in [0, 0.05) is 12.8 Å². The van der Waals surface area contributed by atoms with Crippen LogP contribution in [0.1, 0.15) is 25.7 Å². The number of carbonyl (C=O) groups is 2. The normalized spacial score (nSPS) is 8.42. The summed E-state index contributed by atoms with van der Waals surface area (Å²) in [7, 11) is 0. The Morgan fingerprint density at radius 2 is 1.75 bits per heavy atom. The van der Waals surface area contributed by atoms with Crippen LogP contribution in [0.25, 0.3) is 0 Å². The second kappa shape index (κ2) is 7.96. The second-order valence-corrected chi connectivity index (χ2v) is 2.09. The molecule has 0 aliphatic carbocycles. The average molecular weight is 178 g/mol. The van der Waals surface area contributed by atoms with Gasteiger partial charge in [0.2, 0.25) is 0 Å². The van der Waals surface area contributed by atoms with Crippen molar-refractivity contribution in [2.24, 2.45) is 5.90 Å². The fraction of sp³-hybridized carbons (Fsp3) is 0.667. The van der Waals surface area contributed by atoms with Crippen molar-refractivity contribution in [3.63, 3.8) is 0 Å². The Kier molecular flexibility index (Phi) is 8.92. The first-order chi connectivity index (χ1) is 5.16. The van der Waals surface area contributed by atoms with Crippen LogP contribution >= 0.6 is 0 Å². The van der Waals surface area contributed by atoms with Gasteiger partial charge in [-0.25, -0.2) is 0 Å². The SMILES string of the molecule is N.NOC(=O)CCCCC(=O)O. The van der Waals surface area contributed by atoms with E-state index in [4.69, 9.17) is 5.11 Å². The average Bonchev–Trinajstić information content (AvgIpc) is 1.97. The van der Waals surface area contributed by atoms with Gasteiger partial charge in [0.15, 0.2) is 0 Å². The van der Waals surface area contributed by atoms with Crippen molar-refractivity contribution in [3.05, 3.63) is 0 Å². The van der Waals surface area contributed by atoms with E-state index in [1.165, 1.54) is 0 Å². The molecule has 0 rings (SSSR count). The lowest BCUT2D eigenvalue weighted by Crippen LogP contribution is -2.09. The highest BCUT2D eigenvalue weighted by Crippen LogP contribution is 1.99. The van der Waals surface area contributed by atoms with Gasteiger partial charge in [-0.3, -0.25) is 9.59 Å². The molecule has 0 atom stereocenters. The molecule has 0 saturated carbocycles. The molecular formula is C6H14N2O4. The number of hydrogen-bond donors (Lipinski definition) is 3. The zero-order valence-electron chi connectivity index (χ0n) is 6.78. The van der Waals surface area contributed by atoms with Gasteiger partial charge in [0.05, 0.1) is 0 Å². The monoisotopic (exact) mass is 178 g/mol. The zero-order chi connectivity index (χ0) is 8.69. The van der Waals surface area contributed by atoms with E-state index in [-0.39, 0.29) is 19.0 Å². The van der Waals surface area contributed by atoms with Crippen molar-refractivity contribution >= 4 is 11.9 Å². The van der Waals surface area contributed by atoms with Gasteiger partial charge in [0.25, 0.3) is 0 Å². The Bertz CT molecular complexity index is 148. The minimum atomic E-state index is -0.855. The van der Waals surface area contributed by atoms with E-state index >= 15 is 0 Å². The molecule has 6 nitrogen and oxygen atoms in total. The van der Waals surface area contributed by atoms with Gasteiger partial charge < -0.3 is 16.1 Å². The maximum atomic E-state index is 10.4. The first-order valence-electron chi connectivity index (χ1n) is 3.28. The number of unbranched alkanes of at least 4 members (excludes halogenated alkanes) is 1. The van der Waals surface area contributed by atoms with E-state index in [2.05, 4.69) is 10.7 Å². The standard InChI is InChI=1S/C6H11NO4.H3N/c7-11-6(10)4-2-1-3-5(8)9;/h1-4,7H2,(H,8,9);1H3. The van der Waals surface area contributed by atoms with Crippen molar-refractivity contribution in [1.29, 1.82) is 0 Å². The van der Waals surface area contributed by atoms with E-state index in [1.807, 2.05) is 0 Å². The third-order valence-corrected chi connectivity index (χ3v) is 1.15. The highest BCUT2D eigenvalue weighted by molar-refractivity contribution is 5.69. The summed E-state index contributed by atoms with van der Waals surface area (Å²) in [5, 5.41) is 8.20. The fourth-order valence-electron chi connectivity index (χ4n) is 0.604. The zero-order valence-corrected chi connectivity index (χ0v) is 6.78. The molecule has 6 heteroatoms. The molecule has 0 radical (unpaired) electrons. The van der Waals surface area contributed by atoms with Crippen molar-refractivity contribution < 1.29 is 19.5 Å². The van der Waals surface area contributed by atoms with Crippen LogP contribution in [0.2, 0.25) is 0 Å². The molecule has 0 bridgehead atoms. The molecule has 0 aromatic carbocycles. The van der Waals surface area contributed by atoms with Gasteiger partial charge in [-0.1, -0.05) is 0 Å². The number of nitrogens with two attached hydrogens (primary N) is 1. The summed E-state index contributed by atoms with van der Waals surface area (Å²) in [6.45, 7) is 0. The van der Waals surface area contributed by atoms with Crippen molar-refractivity contribution in [2.75, 3.05) is 0 Å². The van der Waals surface area contributed by atoms with Crippen LogP contribution < -0.4 is 12.0 Å². The smallest absolute Gasteiger partial charge is 0.324 e. The minimum Gasteiger partial charge on any atom is -0.481 e. The van der Waals surface area contributed by atoms with Crippen molar-refractivity contribution in [3.8, 4) is 0 Å². The molecule has 0 saturated heterocycles. The third kappa shape index (κ3) is 8.86. The summed E-state index contributed by atoms with van der Waals surface area (Å²) in [4.78, 5) is 24.2. The lowest BCUT2D eigenvalue weighted by molar-refractivity contribution is -0.144. The van der Waals surface area contributed by atoms with Crippen LogP contribution in [-0.4, -0.2) is 17.0 Å². The van der Waals surface area contributed by atoms with Crippen LogP contribution in [0.4, 0.5) is 0 Å². The number of carboxylic acid groups (broad SMARTS) is 1. The molecule has 0 amide bonds. The van der Waals surface area contributed by atoms with E-state index in [0.717, 1.165) is 0 Å². The highest BCUT2D eigenvalue weighted by atomic mass is 16.7. The Labute approximate surface area is 70.2 Å². The highest BCUT2D eigenvalue weighted by Gasteiger charge is 2.01. The predicted molar refractivity (Wildman–Crippen MR) is 41.4 cm³/mol. The van der Waals surface area contributed by atoms with E-state index < -0.39 is 11.9 Å². The molecule has 0 aromatic heterocycles. The molecule has 0 heterocycles. The molecule has 12 heavy (non-hydrogen) atoms. The Balaban J connectivity index is 0. The van der Waals surface area contributed by atoms with Crippen LogP contribution in [-0.2, 0) is 14.4 Å². The molecule has 0 spiro atoms. The lowest BCUT2D eigenvalue weighted by atomic mass is 10.2. The molecular weight excluding hydrogens is 164 g/mol. The van der Waals surface area contributed by atoms with E-state index in [9.17, 15) is 9.59 Å². The number of aliphatic carboxylic acids is 1. The van der Waals surface area contributed by atoms with Gasteiger partial charge in [0.1, 0.15) is 0 Å². The maximum Gasteiger partial charge on any atom is 0.324 e. The Morgan fingerprint density at radius 1 is 1.25 bits per heavy atom. The van der Waals surface area contributed by atoms with Crippen molar-refractivity contribution in [1.82, 2.24) is 6.15 Å². The quantitative estimate of drug-likeness (QED) is 0.408. The van der Waals surface area contributed by atoms with Gasteiger partial charge in [-0.15, -0.1) is 0 Å². The van der Waals surface area contributed by atoms with E-state index in [0.29, 0.717) is 12.8 Å². The number of carboxylic acids is 1.